The van der Waals surface area contributed by atoms with Crippen molar-refractivity contribution in [2.24, 2.45) is 4.99 Å². The number of hydrogen-bond donors (Lipinski definition) is 0. The van der Waals surface area contributed by atoms with Gasteiger partial charge in [-0.1, -0.05) is 49.8 Å². The van der Waals surface area contributed by atoms with Crippen molar-refractivity contribution in [3.05, 3.63) is 77.6 Å². The average Bonchev–Trinajstić information content (AvgIpc) is 3.23. The average molecular weight is 466 g/mol. The summed E-state index contributed by atoms with van der Waals surface area (Å²) in [6.07, 6.45) is 10.5. The highest BCUT2D eigenvalue weighted by Crippen LogP contribution is 2.40. The van der Waals surface area contributed by atoms with Gasteiger partial charge in [-0.3, -0.25) is 9.89 Å². The summed E-state index contributed by atoms with van der Waals surface area (Å²) in [5.41, 5.74) is 6.39. The molecular formula is C27H27N5OSi. The summed E-state index contributed by atoms with van der Waals surface area (Å²) in [5, 5.41) is 13.7. The van der Waals surface area contributed by atoms with Crippen molar-refractivity contribution in [3.8, 4) is 23.3 Å². The summed E-state index contributed by atoms with van der Waals surface area (Å²) in [5.74, 6) is 4.18. The summed E-state index contributed by atoms with van der Waals surface area (Å²) < 4.78 is 8.33. The second-order valence-corrected chi connectivity index (χ2v) is 14.5. The third-order valence-corrected chi connectivity index (χ3v) is 7.11. The van der Waals surface area contributed by atoms with Crippen LogP contribution in [0.1, 0.15) is 23.1 Å². The summed E-state index contributed by atoms with van der Waals surface area (Å²) in [7, 11) is -1.50. The number of rotatable bonds is 4. The smallest absolute Gasteiger partial charge is 0.155 e. The molecule has 0 N–H and O–H groups in total. The molecule has 0 saturated carbocycles. The number of fused-ring (bicyclic) bond motifs is 1. The van der Waals surface area contributed by atoms with E-state index in [4.69, 9.17) is 4.74 Å². The monoisotopic (exact) mass is 465 g/mol. The Kier molecular flexibility index (Phi) is 5.61. The number of likely N-dealkylation sites (tertiary alicyclic amines) is 1. The topological polar surface area (TPSA) is 65.9 Å². The lowest BCUT2D eigenvalue weighted by Gasteiger charge is -2.52. The molecule has 1 saturated heterocycles. The largest absolute Gasteiger partial charge is 0.474 e. The Hall–Kier alpha value is -3.65. The molecule has 34 heavy (non-hydrogen) atoms. The fraction of sp³-hybridized carbons (Fsp3) is 0.296. The van der Waals surface area contributed by atoms with Gasteiger partial charge in [0.05, 0.1) is 34.9 Å². The number of para-hydroxylation sites is 1. The molecule has 2 atom stereocenters. The lowest BCUT2D eigenvalue weighted by molar-refractivity contribution is -0.108. The second kappa shape index (κ2) is 8.61. The van der Waals surface area contributed by atoms with E-state index >= 15 is 0 Å². The van der Waals surface area contributed by atoms with Crippen LogP contribution >= 0.6 is 0 Å². The number of dihydropyridines is 1. The third-order valence-electron chi connectivity index (χ3n) is 6.23. The predicted molar refractivity (Wildman–Crippen MR) is 136 cm³/mol. The minimum absolute atomic E-state index is 0.0873. The molecule has 0 bridgehead atoms. The van der Waals surface area contributed by atoms with Crippen LogP contribution in [-0.2, 0) is 5.54 Å². The molecule has 1 aromatic carbocycles. The number of benzene rings is 1. The third kappa shape index (κ3) is 4.05. The van der Waals surface area contributed by atoms with E-state index in [0.717, 1.165) is 35.4 Å². The highest BCUT2D eigenvalue weighted by atomic mass is 28.3. The maximum atomic E-state index is 9.34. The number of nitrogens with zero attached hydrogens (tertiary/aromatic N) is 5. The highest BCUT2D eigenvalue weighted by molar-refractivity contribution is 6.83. The zero-order valence-corrected chi connectivity index (χ0v) is 20.7. The number of nitriles is 1. The Morgan fingerprint density at radius 2 is 2.00 bits per heavy atom. The SMILES string of the molecule is C[Si](C)(C)C#Cc1ccccc1OC1CCN1C1(c2ccc3c(C#N)cnn3c2)C=CC=NC1. The molecule has 0 spiro atoms. The number of aliphatic imine (C=N–C) groups is 1. The normalized spacial score (nSPS) is 22.0. The molecule has 0 amide bonds. The fourth-order valence-corrected chi connectivity index (χ4v) is 4.90. The molecule has 0 aliphatic carbocycles. The molecule has 170 valence electrons. The summed E-state index contributed by atoms with van der Waals surface area (Å²) in [6.45, 7) is 8.22. The van der Waals surface area contributed by atoms with Gasteiger partial charge in [0.15, 0.2) is 6.23 Å². The Balaban J connectivity index is 1.48. The van der Waals surface area contributed by atoms with Gasteiger partial charge in [-0.05, 0) is 29.8 Å². The quantitative estimate of drug-likeness (QED) is 0.424. The molecule has 0 radical (unpaired) electrons. The molecule has 2 aromatic heterocycles. The van der Waals surface area contributed by atoms with E-state index in [1.54, 1.807) is 10.7 Å². The van der Waals surface area contributed by atoms with Crippen molar-refractivity contribution < 1.29 is 4.74 Å². The van der Waals surface area contributed by atoms with Crippen LogP contribution in [0.2, 0.25) is 19.6 Å². The van der Waals surface area contributed by atoms with Crippen LogP contribution in [-0.4, -0.2) is 48.1 Å². The summed E-state index contributed by atoms with van der Waals surface area (Å²) >= 11 is 0. The van der Waals surface area contributed by atoms with E-state index in [0.29, 0.717) is 12.1 Å². The molecule has 2 aliphatic rings. The second-order valence-electron chi connectivity index (χ2n) is 9.74. The van der Waals surface area contributed by atoms with E-state index in [1.807, 2.05) is 48.8 Å². The Morgan fingerprint density at radius 3 is 2.71 bits per heavy atom. The number of aromatic nitrogens is 2. The lowest BCUT2D eigenvalue weighted by Crippen LogP contribution is -2.62. The molecule has 2 unspecified atom stereocenters. The van der Waals surface area contributed by atoms with Gasteiger partial charge in [-0.2, -0.15) is 10.4 Å². The zero-order chi connectivity index (χ0) is 23.8. The molecule has 2 aliphatic heterocycles. The first-order chi connectivity index (χ1) is 16.4. The van der Waals surface area contributed by atoms with Crippen LogP contribution in [0.15, 0.2) is 65.9 Å². The van der Waals surface area contributed by atoms with Gasteiger partial charge in [0, 0.05) is 25.4 Å². The van der Waals surface area contributed by atoms with E-state index in [1.165, 1.54) is 0 Å². The van der Waals surface area contributed by atoms with Crippen molar-refractivity contribution in [2.45, 2.75) is 37.8 Å². The number of pyridine rings is 1. The minimum atomic E-state index is -1.50. The predicted octanol–water partition coefficient (Wildman–Crippen LogP) is 4.38. The molecule has 7 heteroatoms. The summed E-state index contributed by atoms with van der Waals surface area (Å²) in [6, 6.07) is 14.3. The van der Waals surface area contributed by atoms with Crippen molar-refractivity contribution in [1.82, 2.24) is 14.5 Å². The highest BCUT2D eigenvalue weighted by Gasteiger charge is 2.47. The van der Waals surface area contributed by atoms with Crippen LogP contribution in [0, 0.1) is 22.8 Å². The molecule has 1 fully saturated rings. The van der Waals surface area contributed by atoms with Gasteiger partial charge < -0.3 is 4.74 Å². The lowest BCUT2D eigenvalue weighted by atomic mass is 9.84. The number of allylic oxidation sites excluding steroid dienone is 1. The van der Waals surface area contributed by atoms with E-state index in [9.17, 15) is 5.26 Å². The van der Waals surface area contributed by atoms with Gasteiger partial charge in [0.25, 0.3) is 0 Å². The fourth-order valence-electron chi connectivity index (χ4n) is 4.39. The number of ether oxygens (including phenoxy) is 1. The van der Waals surface area contributed by atoms with Crippen molar-refractivity contribution in [3.63, 3.8) is 0 Å². The standard InChI is InChI=1S/C27H27N5OSi/c1-34(2,3)16-12-21-7-4-5-8-25(21)33-26-11-15-31(26)27(13-6-14-29-20-27)23-9-10-24-22(17-28)18-30-32(24)19-23/h4-10,13-14,18-19,26H,11,15,20H2,1-3H3. The Morgan fingerprint density at radius 1 is 1.15 bits per heavy atom. The van der Waals surface area contributed by atoms with Crippen LogP contribution in [0.25, 0.3) is 5.52 Å². The first-order valence-electron chi connectivity index (χ1n) is 11.5. The zero-order valence-electron chi connectivity index (χ0n) is 19.7. The van der Waals surface area contributed by atoms with Crippen LogP contribution in [0.4, 0.5) is 0 Å². The van der Waals surface area contributed by atoms with Crippen LogP contribution in [0.3, 0.4) is 0 Å². The number of hydrogen-bond acceptors (Lipinski definition) is 5. The van der Waals surface area contributed by atoms with E-state index < -0.39 is 13.6 Å². The van der Waals surface area contributed by atoms with Crippen molar-refractivity contribution in [2.75, 3.05) is 13.1 Å². The van der Waals surface area contributed by atoms with E-state index in [-0.39, 0.29) is 6.23 Å². The molecular weight excluding hydrogens is 438 g/mol. The first-order valence-corrected chi connectivity index (χ1v) is 15.0. The van der Waals surface area contributed by atoms with Crippen LogP contribution in [0.5, 0.6) is 5.75 Å². The Bertz CT molecular complexity index is 1400. The molecule has 4 heterocycles. The minimum Gasteiger partial charge on any atom is -0.474 e. The van der Waals surface area contributed by atoms with Gasteiger partial charge in [0.1, 0.15) is 19.9 Å². The van der Waals surface area contributed by atoms with Crippen molar-refractivity contribution >= 4 is 19.8 Å². The summed E-state index contributed by atoms with van der Waals surface area (Å²) in [4.78, 5) is 6.98. The molecule has 3 aromatic rings. The van der Waals surface area contributed by atoms with Gasteiger partial charge in [-0.25, -0.2) is 4.52 Å². The van der Waals surface area contributed by atoms with Gasteiger partial charge in [0.2, 0.25) is 0 Å². The first kappa shape index (κ1) is 22.2. The van der Waals surface area contributed by atoms with Gasteiger partial charge in [-0.15, -0.1) is 5.54 Å². The van der Waals surface area contributed by atoms with Crippen molar-refractivity contribution in [1.29, 1.82) is 5.26 Å². The van der Waals surface area contributed by atoms with Crippen LogP contribution < -0.4 is 4.74 Å². The molecule has 6 nitrogen and oxygen atoms in total. The van der Waals surface area contributed by atoms with Gasteiger partial charge >= 0.3 is 0 Å². The molecule has 5 rings (SSSR count). The maximum absolute atomic E-state index is 9.34. The Labute approximate surface area is 201 Å². The maximum Gasteiger partial charge on any atom is 0.155 e. The van der Waals surface area contributed by atoms with E-state index in [2.05, 4.69) is 64.3 Å².